The first-order chi connectivity index (χ1) is 13.1. The summed E-state index contributed by atoms with van der Waals surface area (Å²) >= 11 is 0. The van der Waals surface area contributed by atoms with Crippen LogP contribution in [0.2, 0.25) is 0 Å². The van der Waals surface area contributed by atoms with E-state index in [1.165, 1.54) is 11.8 Å². The number of hydrogen-bond donors (Lipinski definition) is 0. The van der Waals surface area contributed by atoms with Crippen LogP contribution in [0.3, 0.4) is 0 Å². The van der Waals surface area contributed by atoms with E-state index >= 15 is 0 Å². The van der Waals surface area contributed by atoms with Crippen molar-refractivity contribution in [3.05, 3.63) is 59.9 Å². The Labute approximate surface area is 160 Å². The Bertz CT molecular complexity index is 802. The Hall–Kier alpha value is -2.56. The van der Waals surface area contributed by atoms with E-state index < -0.39 is 0 Å². The van der Waals surface area contributed by atoms with Gasteiger partial charge in [-0.15, -0.1) is 0 Å². The Balaban J connectivity index is 1.42. The Morgan fingerprint density at radius 2 is 1.74 bits per heavy atom. The van der Waals surface area contributed by atoms with Gasteiger partial charge in [0.25, 0.3) is 0 Å². The lowest BCUT2D eigenvalue weighted by atomic mass is 9.99. The maximum absolute atomic E-state index is 13.6. The summed E-state index contributed by atoms with van der Waals surface area (Å²) in [6, 6.07) is 15.0. The van der Waals surface area contributed by atoms with E-state index in [9.17, 15) is 9.18 Å². The van der Waals surface area contributed by atoms with Crippen LogP contribution in [0.25, 0.3) is 0 Å². The summed E-state index contributed by atoms with van der Waals surface area (Å²) in [6.07, 6.45) is 1.83. The Morgan fingerprint density at radius 1 is 1.00 bits per heavy atom. The highest BCUT2D eigenvalue weighted by molar-refractivity contribution is 5.85. The lowest BCUT2D eigenvalue weighted by molar-refractivity contribution is -0.132. The van der Waals surface area contributed by atoms with E-state index in [0.29, 0.717) is 0 Å². The molecule has 1 fully saturated rings. The number of aryl methyl sites for hydroxylation is 1. The molecule has 1 amide bonds. The third kappa shape index (κ3) is 3.64. The van der Waals surface area contributed by atoms with E-state index in [1.807, 2.05) is 36.1 Å². The van der Waals surface area contributed by atoms with Gasteiger partial charge in [-0.1, -0.05) is 18.2 Å². The van der Waals surface area contributed by atoms with Gasteiger partial charge < -0.3 is 14.7 Å². The number of rotatable bonds is 3. The molecule has 2 aromatic rings. The number of halogens is 1. The lowest BCUT2D eigenvalue weighted by Crippen LogP contribution is -2.55. The fourth-order valence-electron chi connectivity index (χ4n) is 4.22. The minimum Gasteiger partial charge on any atom is -0.368 e. The van der Waals surface area contributed by atoms with Gasteiger partial charge in [0.2, 0.25) is 5.91 Å². The maximum Gasteiger partial charge on any atom is 0.245 e. The van der Waals surface area contributed by atoms with E-state index in [1.54, 1.807) is 6.07 Å². The standard InChI is InChI=1S/C22H26FN3O/c1-17(26-11-5-6-18-16-19(23)9-10-21(18)26)22(27)25-14-12-24(13-15-25)20-7-3-2-4-8-20/h2-4,7-10,16-17H,5-6,11-15H2,1H3/t17-/m1/s1. The third-order valence-electron chi connectivity index (χ3n) is 5.73. The van der Waals surface area contributed by atoms with Crippen molar-refractivity contribution >= 4 is 17.3 Å². The van der Waals surface area contributed by atoms with E-state index in [2.05, 4.69) is 21.9 Å². The minimum atomic E-state index is -0.224. The molecule has 2 aliphatic heterocycles. The largest absolute Gasteiger partial charge is 0.368 e. The van der Waals surface area contributed by atoms with Crippen molar-refractivity contribution in [2.75, 3.05) is 42.5 Å². The number of para-hydroxylation sites is 1. The number of nitrogens with zero attached hydrogens (tertiary/aromatic N) is 3. The van der Waals surface area contributed by atoms with Crippen molar-refractivity contribution < 1.29 is 9.18 Å². The number of amides is 1. The molecule has 0 saturated carbocycles. The minimum absolute atomic E-state index is 0.167. The molecule has 2 aromatic carbocycles. The smallest absolute Gasteiger partial charge is 0.245 e. The lowest BCUT2D eigenvalue weighted by Gasteiger charge is -2.41. The predicted molar refractivity (Wildman–Crippen MR) is 107 cm³/mol. The molecule has 2 heterocycles. The molecule has 0 unspecified atom stereocenters. The van der Waals surface area contributed by atoms with E-state index in [0.717, 1.165) is 56.8 Å². The fraction of sp³-hybridized carbons (Fsp3) is 0.409. The van der Waals surface area contributed by atoms with Crippen molar-refractivity contribution in [2.24, 2.45) is 0 Å². The molecule has 0 radical (unpaired) electrons. The highest BCUT2D eigenvalue weighted by Crippen LogP contribution is 2.30. The van der Waals surface area contributed by atoms with Gasteiger partial charge in [0, 0.05) is 44.1 Å². The van der Waals surface area contributed by atoms with Crippen molar-refractivity contribution in [3.8, 4) is 0 Å². The summed E-state index contributed by atoms with van der Waals surface area (Å²) in [5, 5.41) is 0. The third-order valence-corrected chi connectivity index (χ3v) is 5.73. The van der Waals surface area contributed by atoms with Gasteiger partial charge in [-0.05, 0) is 55.7 Å². The zero-order chi connectivity index (χ0) is 18.8. The van der Waals surface area contributed by atoms with Crippen LogP contribution in [0.4, 0.5) is 15.8 Å². The number of fused-ring (bicyclic) bond motifs is 1. The zero-order valence-corrected chi connectivity index (χ0v) is 15.8. The van der Waals surface area contributed by atoms with Gasteiger partial charge in [0.05, 0.1) is 0 Å². The molecule has 4 rings (SSSR count). The SMILES string of the molecule is C[C@H](C(=O)N1CCN(c2ccccc2)CC1)N1CCCc2cc(F)ccc21. The number of piperazine rings is 1. The van der Waals surface area contributed by atoms with Crippen molar-refractivity contribution in [1.82, 2.24) is 4.90 Å². The molecule has 0 bridgehead atoms. The number of carbonyl (C=O) groups excluding carboxylic acids is 1. The van der Waals surface area contributed by atoms with Gasteiger partial charge in [0.1, 0.15) is 11.9 Å². The van der Waals surface area contributed by atoms with Crippen LogP contribution in [0.5, 0.6) is 0 Å². The van der Waals surface area contributed by atoms with Gasteiger partial charge in [-0.25, -0.2) is 4.39 Å². The predicted octanol–water partition coefficient (Wildman–Crippen LogP) is 3.32. The number of anilines is 2. The summed E-state index contributed by atoms with van der Waals surface area (Å²) in [6.45, 7) is 6.00. The van der Waals surface area contributed by atoms with Gasteiger partial charge in [-0.2, -0.15) is 0 Å². The van der Waals surface area contributed by atoms with Crippen LogP contribution in [0.1, 0.15) is 18.9 Å². The molecule has 4 nitrogen and oxygen atoms in total. The molecular weight excluding hydrogens is 341 g/mol. The zero-order valence-electron chi connectivity index (χ0n) is 15.8. The van der Waals surface area contributed by atoms with E-state index in [-0.39, 0.29) is 17.8 Å². The highest BCUT2D eigenvalue weighted by atomic mass is 19.1. The van der Waals surface area contributed by atoms with Crippen LogP contribution in [0.15, 0.2) is 48.5 Å². The van der Waals surface area contributed by atoms with Crippen molar-refractivity contribution in [2.45, 2.75) is 25.8 Å². The second-order valence-corrected chi connectivity index (χ2v) is 7.39. The molecule has 2 aliphatic rings. The average Bonchev–Trinajstić information content (AvgIpc) is 2.73. The molecule has 1 atom stereocenters. The van der Waals surface area contributed by atoms with Crippen LogP contribution in [-0.4, -0.2) is 49.6 Å². The summed E-state index contributed by atoms with van der Waals surface area (Å²) < 4.78 is 13.6. The monoisotopic (exact) mass is 367 g/mol. The number of carbonyl (C=O) groups is 1. The summed E-state index contributed by atoms with van der Waals surface area (Å²) in [5.41, 5.74) is 3.23. The topological polar surface area (TPSA) is 26.8 Å². The molecule has 142 valence electrons. The fourth-order valence-corrected chi connectivity index (χ4v) is 4.22. The van der Waals surface area contributed by atoms with Crippen LogP contribution < -0.4 is 9.80 Å². The molecule has 0 N–H and O–H groups in total. The number of benzene rings is 2. The Morgan fingerprint density at radius 3 is 2.48 bits per heavy atom. The first-order valence-corrected chi connectivity index (χ1v) is 9.77. The first-order valence-electron chi connectivity index (χ1n) is 9.77. The van der Waals surface area contributed by atoms with Gasteiger partial charge in [-0.3, -0.25) is 4.79 Å². The molecule has 0 spiro atoms. The van der Waals surface area contributed by atoms with Gasteiger partial charge >= 0.3 is 0 Å². The van der Waals surface area contributed by atoms with Crippen LogP contribution in [-0.2, 0) is 11.2 Å². The molecule has 1 saturated heterocycles. The second kappa shape index (κ2) is 7.59. The normalized spacial score (nSPS) is 18.2. The number of hydrogen-bond acceptors (Lipinski definition) is 3. The highest BCUT2D eigenvalue weighted by Gasteiger charge is 2.31. The average molecular weight is 367 g/mol. The molecule has 5 heteroatoms. The molecule has 0 aliphatic carbocycles. The van der Waals surface area contributed by atoms with Crippen LogP contribution in [0, 0.1) is 5.82 Å². The second-order valence-electron chi connectivity index (χ2n) is 7.39. The van der Waals surface area contributed by atoms with Gasteiger partial charge in [0.15, 0.2) is 0 Å². The molecule has 0 aromatic heterocycles. The summed E-state index contributed by atoms with van der Waals surface area (Å²) in [7, 11) is 0. The first kappa shape index (κ1) is 17.8. The summed E-state index contributed by atoms with van der Waals surface area (Å²) in [5.74, 6) is -0.0356. The summed E-state index contributed by atoms with van der Waals surface area (Å²) in [4.78, 5) is 19.6. The molecular formula is C22H26FN3O. The quantitative estimate of drug-likeness (QED) is 0.833. The molecule has 27 heavy (non-hydrogen) atoms. The van der Waals surface area contributed by atoms with E-state index in [4.69, 9.17) is 0 Å². The van der Waals surface area contributed by atoms with Crippen molar-refractivity contribution in [1.29, 1.82) is 0 Å². The Kier molecular flexibility index (Phi) is 5.01. The van der Waals surface area contributed by atoms with Crippen LogP contribution >= 0.6 is 0 Å². The maximum atomic E-state index is 13.6. The van der Waals surface area contributed by atoms with Crippen molar-refractivity contribution in [3.63, 3.8) is 0 Å².